The van der Waals surface area contributed by atoms with Crippen molar-refractivity contribution in [3.8, 4) is 5.75 Å². The van der Waals surface area contributed by atoms with E-state index in [4.69, 9.17) is 4.74 Å². The molecule has 0 aliphatic heterocycles. The molecule has 0 aliphatic rings. The average molecular weight is 275 g/mol. The highest BCUT2D eigenvalue weighted by Gasteiger charge is 2.13. The van der Waals surface area contributed by atoms with E-state index >= 15 is 0 Å². The number of thiophene rings is 1. The maximum absolute atomic E-state index is 5.45. The van der Waals surface area contributed by atoms with Gasteiger partial charge < -0.3 is 10.1 Å². The van der Waals surface area contributed by atoms with Crippen LogP contribution in [0.1, 0.15) is 35.4 Å². The largest absolute Gasteiger partial charge is 0.496 e. The van der Waals surface area contributed by atoms with Crippen molar-refractivity contribution in [1.29, 1.82) is 0 Å². The SMILES string of the molecule is CCC(NCc1sccc1C)c1ccccc1OC. The van der Waals surface area contributed by atoms with Gasteiger partial charge in [-0.2, -0.15) is 0 Å². The first-order chi connectivity index (χ1) is 9.26. The molecule has 0 bridgehead atoms. The van der Waals surface area contributed by atoms with E-state index in [1.807, 2.05) is 23.5 Å². The lowest BCUT2D eigenvalue weighted by Crippen LogP contribution is -2.20. The predicted molar refractivity (Wildman–Crippen MR) is 81.9 cm³/mol. The van der Waals surface area contributed by atoms with Crippen LogP contribution in [0.2, 0.25) is 0 Å². The lowest BCUT2D eigenvalue weighted by atomic mass is 10.0. The molecular formula is C16H21NOS. The van der Waals surface area contributed by atoms with E-state index < -0.39 is 0 Å². The van der Waals surface area contributed by atoms with Crippen LogP contribution in [0.25, 0.3) is 0 Å². The monoisotopic (exact) mass is 275 g/mol. The van der Waals surface area contributed by atoms with Gasteiger partial charge in [-0.25, -0.2) is 0 Å². The summed E-state index contributed by atoms with van der Waals surface area (Å²) in [7, 11) is 1.73. The normalized spacial score (nSPS) is 12.4. The number of hydrogen-bond acceptors (Lipinski definition) is 3. The predicted octanol–water partition coefficient (Wildman–Crippen LogP) is 4.31. The Morgan fingerprint density at radius 2 is 2.05 bits per heavy atom. The fourth-order valence-electron chi connectivity index (χ4n) is 2.23. The number of benzene rings is 1. The Labute approximate surface area is 119 Å². The summed E-state index contributed by atoms with van der Waals surface area (Å²) >= 11 is 1.81. The number of rotatable bonds is 6. The van der Waals surface area contributed by atoms with E-state index in [0.717, 1.165) is 18.7 Å². The van der Waals surface area contributed by atoms with Gasteiger partial charge in [0.1, 0.15) is 5.75 Å². The van der Waals surface area contributed by atoms with Gasteiger partial charge in [0, 0.05) is 23.0 Å². The molecule has 0 fully saturated rings. The fourth-order valence-corrected chi connectivity index (χ4v) is 3.09. The Morgan fingerprint density at radius 1 is 1.26 bits per heavy atom. The molecule has 2 nitrogen and oxygen atoms in total. The van der Waals surface area contributed by atoms with Crippen LogP contribution in [-0.2, 0) is 6.54 Å². The molecule has 1 unspecified atom stereocenters. The highest BCUT2D eigenvalue weighted by Crippen LogP contribution is 2.27. The van der Waals surface area contributed by atoms with Crippen molar-refractivity contribution in [2.45, 2.75) is 32.9 Å². The van der Waals surface area contributed by atoms with Crippen molar-refractivity contribution in [2.24, 2.45) is 0 Å². The molecule has 0 spiro atoms. The molecule has 3 heteroatoms. The zero-order valence-corrected chi connectivity index (χ0v) is 12.6. The standard InChI is InChI=1S/C16H21NOS/c1-4-14(13-7-5-6-8-15(13)18-3)17-11-16-12(2)9-10-19-16/h5-10,14,17H,4,11H2,1-3H3. The number of hydrogen-bond donors (Lipinski definition) is 1. The van der Waals surface area contributed by atoms with Gasteiger partial charge in [0.25, 0.3) is 0 Å². The van der Waals surface area contributed by atoms with Gasteiger partial charge in [0.15, 0.2) is 0 Å². The number of para-hydroxylation sites is 1. The summed E-state index contributed by atoms with van der Waals surface area (Å²) in [6.45, 7) is 5.28. The van der Waals surface area contributed by atoms with Crippen LogP contribution in [0, 0.1) is 6.92 Å². The third-order valence-electron chi connectivity index (χ3n) is 3.40. The average Bonchev–Trinajstić information content (AvgIpc) is 2.85. The highest BCUT2D eigenvalue weighted by molar-refractivity contribution is 7.10. The minimum Gasteiger partial charge on any atom is -0.496 e. The van der Waals surface area contributed by atoms with E-state index in [9.17, 15) is 0 Å². The summed E-state index contributed by atoms with van der Waals surface area (Å²) in [6.07, 6.45) is 1.05. The number of nitrogens with one attached hydrogen (secondary N) is 1. The van der Waals surface area contributed by atoms with Crippen molar-refractivity contribution in [2.75, 3.05) is 7.11 Å². The maximum Gasteiger partial charge on any atom is 0.123 e. The van der Waals surface area contributed by atoms with E-state index in [2.05, 4.69) is 42.7 Å². The van der Waals surface area contributed by atoms with Crippen LogP contribution in [-0.4, -0.2) is 7.11 Å². The number of methoxy groups -OCH3 is 1. The molecule has 2 aromatic rings. The van der Waals surface area contributed by atoms with Crippen molar-refractivity contribution in [3.63, 3.8) is 0 Å². The quantitative estimate of drug-likeness (QED) is 0.848. The molecule has 0 amide bonds. The zero-order valence-electron chi connectivity index (χ0n) is 11.8. The van der Waals surface area contributed by atoms with Gasteiger partial charge in [-0.15, -0.1) is 11.3 Å². The van der Waals surface area contributed by atoms with Crippen LogP contribution in [0.3, 0.4) is 0 Å². The smallest absolute Gasteiger partial charge is 0.123 e. The maximum atomic E-state index is 5.45. The topological polar surface area (TPSA) is 21.3 Å². The van der Waals surface area contributed by atoms with Gasteiger partial charge in [-0.3, -0.25) is 0 Å². The lowest BCUT2D eigenvalue weighted by molar-refractivity contribution is 0.396. The van der Waals surface area contributed by atoms with E-state index in [1.165, 1.54) is 16.0 Å². The third kappa shape index (κ3) is 3.37. The zero-order chi connectivity index (χ0) is 13.7. The first-order valence-corrected chi connectivity index (χ1v) is 7.53. The molecule has 1 heterocycles. The first-order valence-electron chi connectivity index (χ1n) is 6.65. The molecule has 0 radical (unpaired) electrons. The molecule has 1 atom stereocenters. The van der Waals surface area contributed by atoms with Crippen LogP contribution in [0.5, 0.6) is 5.75 Å². The summed E-state index contributed by atoms with van der Waals surface area (Å²) < 4.78 is 5.45. The third-order valence-corrected chi connectivity index (χ3v) is 4.42. The molecule has 102 valence electrons. The van der Waals surface area contributed by atoms with E-state index in [-0.39, 0.29) is 0 Å². The Kier molecular flexibility index (Phi) is 5.00. The molecule has 1 N–H and O–H groups in total. The Morgan fingerprint density at radius 3 is 2.68 bits per heavy atom. The number of aryl methyl sites for hydroxylation is 1. The second-order valence-electron chi connectivity index (χ2n) is 4.61. The molecular weight excluding hydrogens is 254 g/mol. The number of ether oxygens (including phenoxy) is 1. The molecule has 0 saturated carbocycles. The summed E-state index contributed by atoms with van der Waals surface area (Å²) in [5.74, 6) is 0.963. The first kappa shape index (κ1) is 14.1. The minimum absolute atomic E-state index is 0.331. The Hall–Kier alpha value is -1.32. The molecule has 0 aliphatic carbocycles. The summed E-state index contributed by atoms with van der Waals surface area (Å²) in [4.78, 5) is 1.41. The van der Waals surface area contributed by atoms with Gasteiger partial charge in [0.05, 0.1) is 7.11 Å². The van der Waals surface area contributed by atoms with E-state index in [1.54, 1.807) is 7.11 Å². The molecule has 19 heavy (non-hydrogen) atoms. The summed E-state index contributed by atoms with van der Waals surface area (Å²) in [5, 5.41) is 5.78. The van der Waals surface area contributed by atoms with Crippen molar-refractivity contribution in [3.05, 3.63) is 51.7 Å². The van der Waals surface area contributed by atoms with Gasteiger partial charge in [0.2, 0.25) is 0 Å². The second kappa shape index (κ2) is 6.73. The summed E-state index contributed by atoms with van der Waals surface area (Å²) in [6, 6.07) is 10.7. The van der Waals surface area contributed by atoms with Crippen LogP contribution in [0.4, 0.5) is 0 Å². The van der Waals surface area contributed by atoms with Crippen molar-refractivity contribution < 1.29 is 4.74 Å². The molecule has 0 saturated heterocycles. The van der Waals surface area contributed by atoms with Crippen molar-refractivity contribution >= 4 is 11.3 Å². The lowest BCUT2D eigenvalue weighted by Gasteiger charge is -2.19. The summed E-state index contributed by atoms with van der Waals surface area (Å²) in [5.41, 5.74) is 2.61. The van der Waals surface area contributed by atoms with Gasteiger partial charge in [-0.1, -0.05) is 25.1 Å². The van der Waals surface area contributed by atoms with Crippen LogP contribution in [0.15, 0.2) is 35.7 Å². The Balaban J connectivity index is 2.10. The molecule has 1 aromatic carbocycles. The van der Waals surface area contributed by atoms with Crippen molar-refractivity contribution in [1.82, 2.24) is 5.32 Å². The van der Waals surface area contributed by atoms with Gasteiger partial charge in [-0.05, 0) is 36.4 Å². The minimum atomic E-state index is 0.331. The fraction of sp³-hybridized carbons (Fsp3) is 0.375. The highest BCUT2D eigenvalue weighted by atomic mass is 32.1. The van der Waals surface area contributed by atoms with E-state index in [0.29, 0.717) is 6.04 Å². The molecule has 1 aromatic heterocycles. The van der Waals surface area contributed by atoms with Crippen LogP contribution >= 0.6 is 11.3 Å². The molecule has 2 rings (SSSR count). The van der Waals surface area contributed by atoms with Gasteiger partial charge >= 0.3 is 0 Å². The Bertz CT molecular complexity index is 521. The van der Waals surface area contributed by atoms with Crippen LogP contribution < -0.4 is 10.1 Å². The second-order valence-corrected chi connectivity index (χ2v) is 5.61.